The average molecular weight is 306 g/mol. The van der Waals surface area contributed by atoms with Crippen molar-refractivity contribution in [3.63, 3.8) is 0 Å². The third-order valence-corrected chi connectivity index (χ3v) is 3.51. The van der Waals surface area contributed by atoms with Crippen molar-refractivity contribution in [1.82, 2.24) is 20.1 Å². The minimum Gasteiger partial charge on any atom is -0.327 e. The smallest absolute Gasteiger partial charge is 0.294 e. The van der Waals surface area contributed by atoms with Crippen LogP contribution in [-0.2, 0) is 13.1 Å². The Labute approximate surface area is 135 Å². The molecule has 0 radical (unpaired) electrons. The van der Waals surface area contributed by atoms with Crippen LogP contribution in [0.25, 0.3) is 0 Å². The molecule has 1 aromatic heterocycles. The SMILES string of the molecule is Cc1nc(C(=O)N(Cc2ccccc2)Cc2ccccc2)n[nH]1. The number of amides is 1. The van der Waals surface area contributed by atoms with Gasteiger partial charge in [-0.2, -0.15) is 0 Å². The van der Waals surface area contributed by atoms with Crippen molar-refractivity contribution in [3.8, 4) is 0 Å². The minimum atomic E-state index is -0.179. The number of nitrogens with one attached hydrogen (secondary N) is 1. The third kappa shape index (κ3) is 3.83. The van der Waals surface area contributed by atoms with E-state index in [9.17, 15) is 4.79 Å². The summed E-state index contributed by atoms with van der Waals surface area (Å²) >= 11 is 0. The van der Waals surface area contributed by atoms with Crippen LogP contribution in [0, 0.1) is 6.92 Å². The number of rotatable bonds is 5. The van der Waals surface area contributed by atoms with Gasteiger partial charge in [-0.1, -0.05) is 60.7 Å². The molecule has 0 fully saturated rings. The van der Waals surface area contributed by atoms with Gasteiger partial charge in [-0.3, -0.25) is 9.89 Å². The highest BCUT2D eigenvalue weighted by atomic mass is 16.2. The van der Waals surface area contributed by atoms with Crippen molar-refractivity contribution in [2.24, 2.45) is 0 Å². The maximum Gasteiger partial charge on any atom is 0.294 e. The lowest BCUT2D eigenvalue weighted by Crippen LogP contribution is -2.31. The summed E-state index contributed by atoms with van der Waals surface area (Å²) < 4.78 is 0. The fourth-order valence-electron chi connectivity index (χ4n) is 2.39. The van der Waals surface area contributed by atoms with Crippen molar-refractivity contribution >= 4 is 5.91 Å². The molecule has 0 aliphatic heterocycles. The predicted octanol–water partition coefficient (Wildman–Crippen LogP) is 2.96. The summed E-state index contributed by atoms with van der Waals surface area (Å²) in [4.78, 5) is 18.7. The monoisotopic (exact) mass is 306 g/mol. The molecule has 3 aromatic rings. The highest BCUT2D eigenvalue weighted by molar-refractivity contribution is 5.90. The van der Waals surface area contributed by atoms with Gasteiger partial charge in [0, 0.05) is 13.1 Å². The topological polar surface area (TPSA) is 61.9 Å². The molecule has 0 spiro atoms. The van der Waals surface area contributed by atoms with E-state index in [0.29, 0.717) is 18.9 Å². The van der Waals surface area contributed by atoms with Crippen LogP contribution in [0.3, 0.4) is 0 Å². The Morgan fingerprint density at radius 3 is 1.91 bits per heavy atom. The van der Waals surface area contributed by atoms with Crippen molar-refractivity contribution < 1.29 is 4.79 Å². The van der Waals surface area contributed by atoms with Gasteiger partial charge >= 0.3 is 0 Å². The zero-order valence-corrected chi connectivity index (χ0v) is 12.9. The van der Waals surface area contributed by atoms with Gasteiger partial charge in [-0.15, -0.1) is 5.10 Å². The van der Waals surface area contributed by atoms with Crippen LogP contribution in [-0.4, -0.2) is 26.0 Å². The van der Waals surface area contributed by atoms with Crippen LogP contribution in [0.5, 0.6) is 0 Å². The van der Waals surface area contributed by atoms with E-state index in [-0.39, 0.29) is 11.7 Å². The van der Waals surface area contributed by atoms with Crippen LogP contribution in [0.4, 0.5) is 0 Å². The molecule has 1 N–H and O–H groups in total. The highest BCUT2D eigenvalue weighted by Crippen LogP contribution is 2.12. The Hall–Kier alpha value is -2.95. The number of aromatic nitrogens is 3. The Balaban J connectivity index is 1.84. The molecule has 0 saturated carbocycles. The van der Waals surface area contributed by atoms with Crippen molar-refractivity contribution in [2.45, 2.75) is 20.0 Å². The van der Waals surface area contributed by atoms with E-state index in [4.69, 9.17) is 0 Å². The first-order valence-electron chi connectivity index (χ1n) is 7.48. The molecule has 1 heterocycles. The Kier molecular flexibility index (Phi) is 4.47. The second-order valence-corrected chi connectivity index (χ2v) is 5.38. The van der Waals surface area contributed by atoms with E-state index in [1.165, 1.54) is 0 Å². The Bertz CT molecular complexity index is 726. The Morgan fingerprint density at radius 1 is 0.957 bits per heavy atom. The van der Waals surface area contributed by atoms with Gasteiger partial charge in [0.05, 0.1) is 0 Å². The van der Waals surface area contributed by atoms with Crippen LogP contribution in [0.1, 0.15) is 27.6 Å². The van der Waals surface area contributed by atoms with Crippen LogP contribution < -0.4 is 0 Å². The van der Waals surface area contributed by atoms with E-state index >= 15 is 0 Å². The zero-order valence-electron chi connectivity index (χ0n) is 12.9. The summed E-state index contributed by atoms with van der Waals surface area (Å²) in [5.41, 5.74) is 2.15. The normalized spacial score (nSPS) is 10.5. The minimum absolute atomic E-state index is 0.179. The average Bonchev–Trinajstić information content (AvgIpc) is 3.02. The maximum atomic E-state index is 12.7. The molecule has 116 valence electrons. The number of carbonyl (C=O) groups excluding carboxylic acids is 1. The fraction of sp³-hybridized carbons (Fsp3) is 0.167. The number of carbonyl (C=O) groups is 1. The van der Waals surface area contributed by atoms with Gasteiger partial charge in [0.2, 0.25) is 5.82 Å². The van der Waals surface area contributed by atoms with E-state index in [0.717, 1.165) is 11.1 Å². The number of aryl methyl sites for hydroxylation is 1. The lowest BCUT2D eigenvalue weighted by atomic mass is 10.1. The molecule has 3 rings (SSSR count). The first-order chi connectivity index (χ1) is 11.2. The van der Waals surface area contributed by atoms with E-state index in [2.05, 4.69) is 15.2 Å². The summed E-state index contributed by atoms with van der Waals surface area (Å²) in [6, 6.07) is 19.8. The van der Waals surface area contributed by atoms with Crippen molar-refractivity contribution in [1.29, 1.82) is 0 Å². The molecule has 0 saturated heterocycles. The summed E-state index contributed by atoms with van der Waals surface area (Å²) in [6.45, 7) is 2.81. The molecule has 0 unspecified atom stereocenters. The lowest BCUT2D eigenvalue weighted by molar-refractivity contribution is 0.0718. The summed E-state index contributed by atoms with van der Waals surface area (Å²) in [5, 5.41) is 6.72. The molecule has 5 nitrogen and oxygen atoms in total. The van der Waals surface area contributed by atoms with E-state index in [1.807, 2.05) is 60.7 Å². The van der Waals surface area contributed by atoms with Crippen LogP contribution in [0.15, 0.2) is 60.7 Å². The van der Waals surface area contributed by atoms with Crippen LogP contribution >= 0.6 is 0 Å². The number of H-pyrrole nitrogens is 1. The van der Waals surface area contributed by atoms with Crippen molar-refractivity contribution in [2.75, 3.05) is 0 Å². The second kappa shape index (κ2) is 6.87. The number of hydrogen-bond acceptors (Lipinski definition) is 3. The molecule has 2 aromatic carbocycles. The van der Waals surface area contributed by atoms with Gasteiger partial charge in [0.15, 0.2) is 0 Å². The maximum absolute atomic E-state index is 12.7. The van der Waals surface area contributed by atoms with Crippen molar-refractivity contribution in [3.05, 3.63) is 83.4 Å². The van der Waals surface area contributed by atoms with Gasteiger partial charge in [-0.05, 0) is 18.1 Å². The molecule has 0 atom stereocenters. The summed E-state index contributed by atoms with van der Waals surface area (Å²) in [7, 11) is 0. The molecule has 23 heavy (non-hydrogen) atoms. The van der Waals surface area contributed by atoms with Gasteiger partial charge in [-0.25, -0.2) is 4.98 Å². The molecule has 0 bridgehead atoms. The Morgan fingerprint density at radius 2 is 1.48 bits per heavy atom. The second-order valence-electron chi connectivity index (χ2n) is 5.38. The van der Waals surface area contributed by atoms with Gasteiger partial charge in [0.1, 0.15) is 5.82 Å². The highest BCUT2D eigenvalue weighted by Gasteiger charge is 2.20. The van der Waals surface area contributed by atoms with Gasteiger partial charge < -0.3 is 4.90 Å². The molecule has 0 aliphatic carbocycles. The van der Waals surface area contributed by atoms with Crippen LogP contribution in [0.2, 0.25) is 0 Å². The number of aromatic amines is 1. The molecule has 0 aliphatic rings. The van der Waals surface area contributed by atoms with E-state index < -0.39 is 0 Å². The number of nitrogens with zero attached hydrogens (tertiary/aromatic N) is 3. The lowest BCUT2D eigenvalue weighted by Gasteiger charge is -2.21. The largest absolute Gasteiger partial charge is 0.327 e. The standard InChI is InChI=1S/C18H18N4O/c1-14-19-17(21-20-14)18(23)22(12-15-8-4-2-5-9-15)13-16-10-6-3-7-11-16/h2-11H,12-13H2,1H3,(H,19,20,21). The zero-order chi connectivity index (χ0) is 16.1. The number of benzene rings is 2. The predicted molar refractivity (Wildman–Crippen MR) is 87.6 cm³/mol. The number of hydrogen-bond donors (Lipinski definition) is 1. The summed E-state index contributed by atoms with van der Waals surface area (Å²) in [5.74, 6) is 0.657. The molecule has 1 amide bonds. The molecule has 5 heteroatoms. The third-order valence-electron chi connectivity index (χ3n) is 3.51. The molecular weight excluding hydrogens is 288 g/mol. The first kappa shape index (κ1) is 15.0. The molecular formula is C18H18N4O. The first-order valence-corrected chi connectivity index (χ1v) is 7.48. The fourth-order valence-corrected chi connectivity index (χ4v) is 2.39. The summed E-state index contributed by atoms with van der Waals surface area (Å²) in [6.07, 6.45) is 0. The van der Waals surface area contributed by atoms with E-state index in [1.54, 1.807) is 11.8 Å². The van der Waals surface area contributed by atoms with Gasteiger partial charge in [0.25, 0.3) is 5.91 Å². The quantitative estimate of drug-likeness (QED) is 0.788.